The molecule has 1 rings (SSSR count). The lowest BCUT2D eigenvalue weighted by Crippen LogP contribution is -2.35. The Morgan fingerprint density at radius 3 is 2.50 bits per heavy atom. The van der Waals surface area contributed by atoms with Crippen molar-refractivity contribution in [1.82, 2.24) is 4.90 Å². The van der Waals surface area contributed by atoms with E-state index in [2.05, 4.69) is 47.8 Å². The van der Waals surface area contributed by atoms with Crippen LogP contribution >= 0.6 is 11.8 Å². The number of amidine groups is 2. The molecule has 0 bridgehead atoms. The SMILES string of the molecule is CN=C1CS/C(=N\N=C\C(C)C)N1C(C)C. The highest BCUT2D eigenvalue weighted by Gasteiger charge is 2.28. The summed E-state index contributed by atoms with van der Waals surface area (Å²) in [5.74, 6) is 2.41. The minimum absolute atomic E-state index is 0.377. The van der Waals surface area contributed by atoms with Crippen molar-refractivity contribution in [2.24, 2.45) is 21.1 Å². The second-order valence-electron chi connectivity index (χ2n) is 4.28. The fraction of sp³-hybridized carbons (Fsp3) is 0.727. The smallest absolute Gasteiger partial charge is 0.191 e. The highest BCUT2D eigenvalue weighted by Crippen LogP contribution is 2.22. The molecule has 0 aliphatic carbocycles. The maximum atomic E-state index is 4.27. The summed E-state index contributed by atoms with van der Waals surface area (Å²) in [6.07, 6.45) is 1.85. The van der Waals surface area contributed by atoms with Gasteiger partial charge < -0.3 is 4.90 Å². The average molecular weight is 240 g/mol. The highest BCUT2D eigenvalue weighted by molar-refractivity contribution is 8.15. The second-order valence-corrected chi connectivity index (χ2v) is 5.23. The van der Waals surface area contributed by atoms with Crippen molar-refractivity contribution in [2.75, 3.05) is 12.8 Å². The third-order valence-electron chi connectivity index (χ3n) is 2.10. The number of hydrogen-bond acceptors (Lipinski definition) is 4. The van der Waals surface area contributed by atoms with Gasteiger partial charge in [-0.05, 0) is 19.8 Å². The molecule has 1 saturated heterocycles. The maximum absolute atomic E-state index is 4.27. The summed E-state index contributed by atoms with van der Waals surface area (Å²) >= 11 is 1.69. The molecule has 0 N–H and O–H groups in total. The Morgan fingerprint density at radius 2 is 2.00 bits per heavy atom. The Balaban J connectivity index is 2.81. The predicted octanol–water partition coefficient (Wildman–Crippen LogP) is 2.47. The van der Waals surface area contributed by atoms with E-state index >= 15 is 0 Å². The number of thioether (sulfide) groups is 1. The van der Waals surface area contributed by atoms with Gasteiger partial charge in [0.15, 0.2) is 5.17 Å². The molecule has 1 aliphatic heterocycles. The van der Waals surface area contributed by atoms with E-state index in [9.17, 15) is 0 Å². The quantitative estimate of drug-likeness (QED) is 0.561. The third-order valence-corrected chi connectivity index (χ3v) is 3.04. The fourth-order valence-corrected chi connectivity index (χ4v) is 2.45. The normalized spacial score (nSPS) is 22.6. The average Bonchev–Trinajstić information content (AvgIpc) is 2.60. The van der Waals surface area contributed by atoms with E-state index in [0.717, 1.165) is 16.8 Å². The van der Waals surface area contributed by atoms with Gasteiger partial charge in [-0.25, -0.2) is 0 Å². The highest BCUT2D eigenvalue weighted by atomic mass is 32.2. The van der Waals surface area contributed by atoms with Crippen LogP contribution in [0.15, 0.2) is 15.2 Å². The minimum atomic E-state index is 0.377. The summed E-state index contributed by atoms with van der Waals surface area (Å²) in [5, 5.41) is 9.31. The Bertz CT molecular complexity index is 318. The maximum Gasteiger partial charge on any atom is 0.191 e. The van der Waals surface area contributed by atoms with Gasteiger partial charge in [-0.2, -0.15) is 5.10 Å². The van der Waals surface area contributed by atoms with Gasteiger partial charge in [0.2, 0.25) is 0 Å². The minimum Gasteiger partial charge on any atom is -0.305 e. The summed E-state index contributed by atoms with van der Waals surface area (Å²) in [6.45, 7) is 8.45. The molecule has 0 aromatic heterocycles. The Hall–Kier alpha value is -0.840. The first-order valence-electron chi connectivity index (χ1n) is 5.55. The van der Waals surface area contributed by atoms with E-state index in [1.54, 1.807) is 11.8 Å². The van der Waals surface area contributed by atoms with Gasteiger partial charge in [-0.15, -0.1) is 5.10 Å². The lowest BCUT2D eigenvalue weighted by molar-refractivity contribution is 0.508. The molecule has 1 aliphatic rings. The molecular weight excluding hydrogens is 220 g/mol. The number of rotatable bonds is 3. The van der Waals surface area contributed by atoms with E-state index in [4.69, 9.17) is 0 Å². The van der Waals surface area contributed by atoms with Crippen LogP contribution < -0.4 is 0 Å². The standard InChI is InChI=1S/C11H20N4S/c1-8(2)6-13-14-11-15(9(3)4)10(12-5)7-16-11/h6,8-9H,7H2,1-5H3/b12-10?,13-6+,14-11-. The van der Waals surface area contributed by atoms with Crippen LogP contribution in [0.2, 0.25) is 0 Å². The van der Waals surface area contributed by atoms with Crippen molar-refractivity contribution < 1.29 is 0 Å². The fourth-order valence-electron chi connectivity index (χ4n) is 1.36. The molecule has 16 heavy (non-hydrogen) atoms. The summed E-state index contributed by atoms with van der Waals surface area (Å²) < 4.78 is 0. The molecule has 0 amide bonds. The van der Waals surface area contributed by atoms with Crippen LogP contribution in [-0.4, -0.2) is 41.0 Å². The Morgan fingerprint density at radius 1 is 1.31 bits per heavy atom. The van der Waals surface area contributed by atoms with E-state index < -0.39 is 0 Å². The van der Waals surface area contributed by atoms with Gasteiger partial charge in [0.25, 0.3) is 0 Å². The van der Waals surface area contributed by atoms with E-state index in [-0.39, 0.29) is 0 Å². The van der Waals surface area contributed by atoms with Crippen LogP contribution in [0.3, 0.4) is 0 Å². The first-order valence-corrected chi connectivity index (χ1v) is 6.53. The van der Waals surface area contributed by atoms with Crippen LogP contribution in [0.5, 0.6) is 0 Å². The van der Waals surface area contributed by atoms with Crippen molar-refractivity contribution >= 4 is 29.0 Å². The Kier molecular flexibility index (Phi) is 4.99. The van der Waals surface area contributed by atoms with Gasteiger partial charge in [0.05, 0.1) is 5.75 Å². The van der Waals surface area contributed by atoms with Gasteiger partial charge in [0.1, 0.15) is 5.84 Å². The monoisotopic (exact) mass is 240 g/mol. The first kappa shape index (κ1) is 13.2. The van der Waals surface area contributed by atoms with Crippen molar-refractivity contribution in [1.29, 1.82) is 0 Å². The van der Waals surface area contributed by atoms with Crippen LogP contribution in [0.4, 0.5) is 0 Å². The molecule has 0 atom stereocenters. The van der Waals surface area contributed by atoms with Gasteiger partial charge in [-0.3, -0.25) is 4.99 Å². The molecule has 0 saturated carbocycles. The van der Waals surface area contributed by atoms with Gasteiger partial charge >= 0.3 is 0 Å². The molecule has 1 heterocycles. The Labute approximate surface area is 102 Å². The number of hydrogen-bond donors (Lipinski definition) is 0. The van der Waals surface area contributed by atoms with E-state index in [1.807, 2.05) is 13.3 Å². The molecule has 0 radical (unpaired) electrons. The molecule has 0 spiro atoms. The predicted molar refractivity (Wildman–Crippen MR) is 73.6 cm³/mol. The molecule has 1 fully saturated rings. The zero-order valence-electron chi connectivity index (χ0n) is 10.6. The summed E-state index contributed by atoms with van der Waals surface area (Å²) in [4.78, 5) is 6.41. The van der Waals surface area contributed by atoms with Crippen LogP contribution in [0.1, 0.15) is 27.7 Å². The molecule has 5 heteroatoms. The lowest BCUT2D eigenvalue weighted by Gasteiger charge is -2.22. The number of aliphatic imine (C=N–C) groups is 1. The van der Waals surface area contributed by atoms with Crippen LogP contribution in [0, 0.1) is 5.92 Å². The third kappa shape index (κ3) is 3.33. The largest absolute Gasteiger partial charge is 0.305 e. The molecule has 0 unspecified atom stereocenters. The molecule has 0 aromatic rings. The molecule has 0 aromatic carbocycles. The van der Waals surface area contributed by atoms with E-state index in [0.29, 0.717) is 12.0 Å². The van der Waals surface area contributed by atoms with E-state index in [1.165, 1.54) is 0 Å². The van der Waals surface area contributed by atoms with Gasteiger partial charge in [-0.1, -0.05) is 25.6 Å². The second kappa shape index (κ2) is 6.03. The van der Waals surface area contributed by atoms with Crippen molar-refractivity contribution in [3.05, 3.63) is 0 Å². The van der Waals surface area contributed by atoms with Crippen LogP contribution in [0.25, 0.3) is 0 Å². The van der Waals surface area contributed by atoms with Crippen LogP contribution in [-0.2, 0) is 0 Å². The van der Waals surface area contributed by atoms with Crippen molar-refractivity contribution in [3.63, 3.8) is 0 Å². The number of nitrogens with zero attached hydrogens (tertiary/aromatic N) is 4. The van der Waals surface area contributed by atoms with Crippen molar-refractivity contribution in [3.8, 4) is 0 Å². The topological polar surface area (TPSA) is 40.3 Å². The first-order chi connectivity index (χ1) is 7.56. The molecule has 4 nitrogen and oxygen atoms in total. The summed E-state index contributed by atoms with van der Waals surface area (Å²) in [6, 6.07) is 0.377. The zero-order valence-corrected chi connectivity index (χ0v) is 11.5. The summed E-state index contributed by atoms with van der Waals surface area (Å²) in [7, 11) is 1.82. The summed E-state index contributed by atoms with van der Waals surface area (Å²) in [5.41, 5.74) is 0. The van der Waals surface area contributed by atoms with Crippen molar-refractivity contribution in [2.45, 2.75) is 33.7 Å². The zero-order chi connectivity index (χ0) is 12.1. The molecular formula is C11H20N4S. The van der Waals surface area contributed by atoms with Gasteiger partial charge in [0, 0.05) is 19.3 Å². The molecule has 90 valence electrons. The lowest BCUT2D eigenvalue weighted by atomic mass is 10.3.